The second-order valence-corrected chi connectivity index (χ2v) is 5.47. The van der Waals surface area contributed by atoms with E-state index in [2.05, 4.69) is 10.2 Å². The van der Waals surface area contributed by atoms with Gasteiger partial charge in [0.05, 0.1) is 32.5 Å². The fraction of sp³-hybridized carbons (Fsp3) is 0. The van der Waals surface area contributed by atoms with Gasteiger partial charge in [-0.15, -0.1) is 0 Å². The van der Waals surface area contributed by atoms with Crippen molar-refractivity contribution in [1.29, 1.82) is 0 Å². The molecule has 102 valence electrons. The van der Waals surface area contributed by atoms with Crippen LogP contribution < -0.4 is 0 Å². The first kappa shape index (κ1) is 15.3. The Kier molecular flexibility index (Phi) is 5.44. The SMILES string of the molecule is Clc1ccc(/C=N\N=C/c2ccc(Cl)c(Cl)c2)cc1Cl. The summed E-state index contributed by atoms with van der Waals surface area (Å²) in [5, 5.41) is 9.81. The second-order valence-electron chi connectivity index (χ2n) is 3.84. The van der Waals surface area contributed by atoms with Gasteiger partial charge in [-0.05, 0) is 35.4 Å². The lowest BCUT2D eigenvalue weighted by Gasteiger charge is -1.96. The number of halogens is 4. The normalized spacial score (nSPS) is 11.6. The van der Waals surface area contributed by atoms with Crippen molar-refractivity contribution in [2.75, 3.05) is 0 Å². The topological polar surface area (TPSA) is 24.7 Å². The summed E-state index contributed by atoms with van der Waals surface area (Å²) in [4.78, 5) is 0. The lowest BCUT2D eigenvalue weighted by Crippen LogP contribution is -1.82. The monoisotopic (exact) mass is 344 g/mol. The molecule has 20 heavy (non-hydrogen) atoms. The molecular formula is C14H8Cl4N2. The molecule has 0 aliphatic rings. The lowest BCUT2D eigenvalue weighted by atomic mass is 10.2. The van der Waals surface area contributed by atoms with E-state index < -0.39 is 0 Å². The van der Waals surface area contributed by atoms with E-state index in [0.717, 1.165) is 11.1 Å². The number of rotatable bonds is 3. The second kappa shape index (κ2) is 7.09. The molecule has 0 saturated carbocycles. The third-order valence-corrected chi connectivity index (χ3v) is 3.85. The summed E-state index contributed by atoms with van der Waals surface area (Å²) in [6.45, 7) is 0. The van der Waals surface area contributed by atoms with Crippen molar-refractivity contribution in [2.24, 2.45) is 10.2 Å². The summed E-state index contributed by atoms with van der Waals surface area (Å²) in [6.07, 6.45) is 3.16. The third kappa shape index (κ3) is 4.22. The summed E-state index contributed by atoms with van der Waals surface area (Å²) in [7, 11) is 0. The van der Waals surface area contributed by atoms with Crippen LogP contribution in [-0.2, 0) is 0 Å². The smallest absolute Gasteiger partial charge is 0.0598 e. The van der Waals surface area contributed by atoms with Crippen LogP contribution in [0.25, 0.3) is 0 Å². The maximum absolute atomic E-state index is 5.90. The highest BCUT2D eigenvalue weighted by Gasteiger charge is 1.97. The Morgan fingerprint density at radius 1 is 0.600 bits per heavy atom. The molecule has 0 saturated heterocycles. The van der Waals surface area contributed by atoms with Crippen molar-refractivity contribution >= 4 is 58.8 Å². The molecule has 0 atom stereocenters. The molecule has 0 aliphatic carbocycles. The Bertz CT molecular complexity index is 621. The van der Waals surface area contributed by atoms with Crippen molar-refractivity contribution in [1.82, 2.24) is 0 Å². The summed E-state index contributed by atoms with van der Waals surface area (Å²) in [6, 6.07) is 10.4. The molecule has 0 spiro atoms. The molecule has 0 heterocycles. The molecule has 0 amide bonds. The van der Waals surface area contributed by atoms with E-state index in [1.54, 1.807) is 48.8 Å². The van der Waals surface area contributed by atoms with Crippen molar-refractivity contribution in [3.8, 4) is 0 Å². The van der Waals surface area contributed by atoms with E-state index in [9.17, 15) is 0 Å². The van der Waals surface area contributed by atoms with Crippen LogP contribution in [0.1, 0.15) is 11.1 Å². The highest BCUT2D eigenvalue weighted by atomic mass is 35.5. The van der Waals surface area contributed by atoms with E-state index in [1.165, 1.54) is 0 Å². The van der Waals surface area contributed by atoms with Gasteiger partial charge in [-0.1, -0.05) is 58.5 Å². The number of hydrogen-bond donors (Lipinski definition) is 0. The van der Waals surface area contributed by atoms with Gasteiger partial charge in [-0.2, -0.15) is 10.2 Å². The molecule has 0 bridgehead atoms. The summed E-state index contributed by atoms with van der Waals surface area (Å²) >= 11 is 23.4. The average Bonchev–Trinajstić information content (AvgIpc) is 2.42. The van der Waals surface area contributed by atoms with Crippen LogP contribution in [0.15, 0.2) is 46.6 Å². The largest absolute Gasteiger partial charge is 0.159 e. The Balaban J connectivity index is 2.06. The highest BCUT2D eigenvalue weighted by Crippen LogP contribution is 2.22. The maximum atomic E-state index is 5.90. The molecule has 0 radical (unpaired) electrons. The van der Waals surface area contributed by atoms with Gasteiger partial charge in [0.15, 0.2) is 0 Å². The first-order valence-electron chi connectivity index (χ1n) is 5.53. The zero-order valence-electron chi connectivity index (χ0n) is 10.0. The van der Waals surface area contributed by atoms with E-state index in [-0.39, 0.29) is 0 Å². The minimum Gasteiger partial charge on any atom is -0.159 e. The molecule has 0 fully saturated rings. The summed E-state index contributed by atoms with van der Waals surface area (Å²) < 4.78 is 0. The van der Waals surface area contributed by atoms with Gasteiger partial charge in [0, 0.05) is 0 Å². The number of benzene rings is 2. The first-order valence-corrected chi connectivity index (χ1v) is 7.04. The predicted molar refractivity (Wildman–Crippen MR) is 88.1 cm³/mol. The van der Waals surface area contributed by atoms with Crippen molar-refractivity contribution in [3.05, 3.63) is 67.6 Å². The molecule has 0 aliphatic heterocycles. The highest BCUT2D eigenvalue weighted by molar-refractivity contribution is 6.42. The Hall–Kier alpha value is -1.06. The summed E-state index contributed by atoms with van der Waals surface area (Å²) in [5.74, 6) is 0. The molecular weight excluding hydrogens is 338 g/mol. The number of hydrogen-bond acceptors (Lipinski definition) is 2. The fourth-order valence-corrected chi connectivity index (χ4v) is 2.00. The van der Waals surface area contributed by atoms with Crippen LogP contribution in [-0.4, -0.2) is 12.4 Å². The van der Waals surface area contributed by atoms with Gasteiger partial charge in [0.2, 0.25) is 0 Å². The van der Waals surface area contributed by atoms with Crippen molar-refractivity contribution in [2.45, 2.75) is 0 Å². The zero-order valence-corrected chi connectivity index (χ0v) is 13.0. The minimum atomic E-state index is 0.476. The maximum Gasteiger partial charge on any atom is 0.0598 e. The zero-order chi connectivity index (χ0) is 14.5. The van der Waals surface area contributed by atoms with Gasteiger partial charge < -0.3 is 0 Å². The van der Waals surface area contributed by atoms with Crippen LogP contribution in [0.2, 0.25) is 20.1 Å². The van der Waals surface area contributed by atoms with Crippen LogP contribution in [0.4, 0.5) is 0 Å². The molecule has 2 nitrogen and oxygen atoms in total. The van der Waals surface area contributed by atoms with Crippen LogP contribution in [0.3, 0.4) is 0 Å². The van der Waals surface area contributed by atoms with Crippen molar-refractivity contribution < 1.29 is 0 Å². The van der Waals surface area contributed by atoms with Gasteiger partial charge in [-0.3, -0.25) is 0 Å². The van der Waals surface area contributed by atoms with Crippen LogP contribution in [0, 0.1) is 0 Å². The van der Waals surface area contributed by atoms with Gasteiger partial charge >= 0.3 is 0 Å². The van der Waals surface area contributed by atoms with E-state index in [1.807, 2.05) is 0 Å². The average molecular weight is 346 g/mol. The van der Waals surface area contributed by atoms with E-state index >= 15 is 0 Å². The lowest BCUT2D eigenvalue weighted by molar-refractivity contribution is 1.26. The molecule has 2 aromatic carbocycles. The Labute approximate surface area is 136 Å². The molecule has 2 rings (SSSR count). The van der Waals surface area contributed by atoms with Crippen LogP contribution in [0.5, 0.6) is 0 Å². The van der Waals surface area contributed by atoms with E-state index in [4.69, 9.17) is 46.4 Å². The molecule has 0 aromatic heterocycles. The molecule has 0 N–H and O–H groups in total. The first-order chi connectivity index (χ1) is 9.56. The minimum absolute atomic E-state index is 0.476. The third-order valence-electron chi connectivity index (χ3n) is 2.37. The Morgan fingerprint density at radius 3 is 1.35 bits per heavy atom. The standard InChI is InChI=1S/C14H8Cl4N2/c15-11-3-1-9(5-13(11)17)7-19-20-8-10-2-4-12(16)14(18)6-10/h1-8H/b19-7-,20-8-. The van der Waals surface area contributed by atoms with Crippen molar-refractivity contribution in [3.63, 3.8) is 0 Å². The molecule has 2 aromatic rings. The Morgan fingerprint density at radius 2 is 1.00 bits per heavy atom. The van der Waals surface area contributed by atoms with Crippen LogP contribution >= 0.6 is 46.4 Å². The summed E-state index contributed by atoms with van der Waals surface area (Å²) in [5.41, 5.74) is 1.62. The molecule has 6 heteroatoms. The predicted octanol–water partition coefficient (Wildman–Crippen LogP) is 5.75. The number of nitrogens with zero attached hydrogens (tertiary/aromatic N) is 2. The van der Waals surface area contributed by atoms with Gasteiger partial charge in [-0.25, -0.2) is 0 Å². The quantitative estimate of drug-likeness (QED) is 0.499. The van der Waals surface area contributed by atoms with E-state index in [0.29, 0.717) is 20.1 Å². The fourth-order valence-electron chi connectivity index (χ4n) is 1.39. The van der Waals surface area contributed by atoms with Gasteiger partial charge in [0.1, 0.15) is 0 Å². The molecule has 0 unspecified atom stereocenters. The van der Waals surface area contributed by atoms with Gasteiger partial charge in [0.25, 0.3) is 0 Å².